The van der Waals surface area contributed by atoms with Crippen molar-refractivity contribution in [2.24, 2.45) is 7.05 Å². The lowest BCUT2D eigenvalue weighted by Gasteiger charge is -2.16. The number of aliphatic hydroxyl groups is 3. The van der Waals surface area contributed by atoms with Crippen molar-refractivity contribution < 1.29 is 24.6 Å². The van der Waals surface area contributed by atoms with Gasteiger partial charge in [-0.25, -0.2) is 4.57 Å². The molecule has 20 heavy (non-hydrogen) atoms. The lowest BCUT2D eigenvalue weighted by Crippen LogP contribution is -2.33. The molecule has 1 aliphatic rings. The quantitative estimate of drug-likeness (QED) is 0.475. The van der Waals surface area contributed by atoms with Crippen molar-refractivity contribution in [1.82, 2.24) is 9.55 Å². The average molecular weight is 281 g/mol. The molecule has 1 aliphatic heterocycles. The van der Waals surface area contributed by atoms with Crippen LogP contribution in [0.25, 0.3) is 11.0 Å². The van der Waals surface area contributed by atoms with Gasteiger partial charge in [-0.05, 0) is 6.07 Å². The minimum atomic E-state index is -1.14. The van der Waals surface area contributed by atoms with Gasteiger partial charge in [0.1, 0.15) is 23.7 Å². The summed E-state index contributed by atoms with van der Waals surface area (Å²) in [7, 11) is 1.78. The predicted octanol–water partition coefficient (Wildman–Crippen LogP) is -1.95. The third-order valence-electron chi connectivity index (χ3n) is 3.69. The number of nitrogen functional groups attached to an aromatic ring is 1. The highest BCUT2D eigenvalue weighted by atomic mass is 16.6. The Morgan fingerprint density at radius 2 is 2.20 bits per heavy atom. The summed E-state index contributed by atoms with van der Waals surface area (Å²) >= 11 is 0. The first-order valence-electron chi connectivity index (χ1n) is 6.27. The van der Waals surface area contributed by atoms with E-state index in [0.717, 1.165) is 5.39 Å². The SMILES string of the molecule is C[n+]1cnc2c(ccn2C2OC(CO)C(O)C2O)c1N. The molecular formula is C12H17N4O4+. The highest BCUT2D eigenvalue weighted by Gasteiger charge is 2.44. The third-order valence-corrected chi connectivity index (χ3v) is 3.69. The number of aromatic nitrogens is 3. The molecule has 0 bridgehead atoms. The second-order valence-electron chi connectivity index (χ2n) is 4.93. The van der Waals surface area contributed by atoms with E-state index in [9.17, 15) is 10.2 Å². The predicted molar refractivity (Wildman–Crippen MR) is 68.3 cm³/mol. The number of fused-ring (bicyclic) bond motifs is 1. The highest BCUT2D eigenvalue weighted by molar-refractivity contribution is 5.84. The van der Waals surface area contributed by atoms with Crippen molar-refractivity contribution >= 4 is 16.9 Å². The number of hydrogen-bond acceptors (Lipinski definition) is 6. The van der Waals surface area contributed by atoms with E-state index in [-0.39, 0.29) is 6.61 Å². The van der Waals surface area contributed by atoms with Gasteiger partial charge in [-0.1, -0.05) is 4.98 Å². The van der Waals surface area contributed by atoms with Crippen LogP contribution in [0.5, 0.6) is 0 Å². The van der Waals surface area contributed by atoms with Gasteiger partial charge >= 0.3 is 0 Å². The fraction of sp³-hybridized carbons (Fsp3) is 0.500. The highest BCUT2D eigenvalue weighted by Crippen LogP contribution is 2.32. The number of nitrogens with two attached hydrogens (primary N) is 1. The van der Waals surface area contributed by atoms with Crippen LogP contribution in [0.15, 0.2) is 18.6 Å². The molecule has 5 N–H and O–H groups in total. The van der Waals surface area contributed by atoms with Crippen LogP contribution in [0.4, 0.5) is 5.82 Å². The van der Waals surface area contributed by atoms with Gasteiger partial charge in [0.25, 0.3) is 0 Å². The van der Waals surface area contributed by atoms with E-state index in [4.69, 9.17) is 15.6 Å². The molecule has 0 spiro atoms. The smallest absolute Gasteiger partial charge is 0.231 e. The molecule has 1 fully saturated rings. The Morgan fingerprint density at radius 1 is 1.45 bits per heavy atom. The van der Waals surface area contributed by atoms with E-state index in [0.29, 0.717) is 11.5 Å². The number of ether oxygens (including phenoxy) is 1. The first kappa shape index (κ1) is 13.3. The van der Waals surface area contributed by atoms with E-state index in [2.05, 4.69) is 4.98 Å². The molecule has 0 radical (unpaired) electrons. The fourth-order valence-electron chi connectivity index (χ4n) is 2.48. The van der Waals surface area contributed by atoms with Crippen LogP contribution in [-0.2, 0) is 11.8 Å². The van der Waals surface area contributed by atoms with Crippen LogP contribution in [0, 0.1) is 0 Å². The van der Waals surface area contributed by atoms with Crippen LogP contribution in [0.1, 0.15) is 6.23 Å². The molecule has 0 aliphatic carbocycles. The largest absolute Gasteiger partial charge is 0.394 e. The van der Waals surface area contributed by atoms with Crippen LogP contribution in [0.2, 0.25) is 0 Å². The zero-order valence-corrected chi connectivity index (χ0v) is 10.9. The molecule has 1 saturated heterocycles. The van der Waals surface area contributed by atoms with Crippen LogP contribution < -0.4 is 10.3 Å². The minimum Gasteiger partial charge on any atom is -0.394 e. The first-order chi connectivity index (χ1) is 9.54. The molecule has 108 valence electrons. The Hall–Kier alpha value is -1.74. The average Bonchev–Trinajstić information content (AvgIpc) is 2.98. The van der Waals surface area contributed by atoms with Crippen molar-refractivity contribution in [3.05, 3.63) is 18.6 Å². The monoisotopic (exact) mass is 281 g/mol. The lowest BCUT2D eigenvalue weighted by molar-refractivity contribution is -0.658. The molecule has 8 nitrogen and oxygen atoms in total. The van der Waals surface area contributed by atoms with E-state index >= 15 is 0 Å². The van der Waals surface area contributed by atoms with Gasteiger partial charge in [0.15, 0.2) is 6.23 Å². The summed E-state index contributed by atoms with van der Waals surface area (Å²) in [5.41, 5.74) is 6.51. The molecule has 8 heteroatoms. The first-order valence-corrected chi connectivity index (χ1v) is 6.27. The van der Waals surface area contributed by atoms with Crippen LogP contribution in [-0.4, -0.2) is 49.8 Å². The van der Waals surface area contributed by atoms with E-state index in [1.165, 1.54) is 0 Å². The zero-order valence-electron chi connectivity index (χ0n) is 10.9. The van der Waals surface area contributed by atoms with Gasteiger partial charge in [0.05, 0.1) is 13.7 Å². The second kappa shape index (κ2) is 4.67. The van der Waals surface area contributed by atoms with Gasteiger partial charge in [0, 0.05) is 6.20 Å². The Balaban J connectivity index is 2.05. The Morgan fingerprint density at radius 3 is 2.85 bits per heavy atom. The minimum absolute atomic E-state index is 0.363. The van der Waals surface area contributed by atoms with Crippen molar-refractivity contribution in [3.8, 4) is 0 Å². The van der Waals surface area contributed by atoms with Crippen LogP contribution >= 0.6 is 0 Å². The van der Waals surface area contributed by atoms with Gasteiger partial charge in [-0.2, -0.15) is 0 Å². The Labute approximate surface area is 114 Å². The van der Waals surface area contributed by atoms with Crippen LogP contribution in [0.3, 0.4) is 0 Å². The van der Waals surface area contributed by atoms with Crippen molar-refractivity contribution in [1.29, 1.82) is 0 Å². The van der Waals surface area contributed by atoms with E-state index < -0.39 is 24.5 Å². The third kappa shape index (κ3) is 1.77. The van der Waals surface area contributed by atoms with E-state index in [1.807, 2.05) is 0 Å². The normalized spacial score (nSPS) is 30.2. The topological polar surface area (TPSA) is 118 Å². The Bertz CT molecular complexity index is 644. The van der Waals surface area contributed by atoms with Crippen molar-refractivity contribution in [2.75, 3.05) is 12.3 Å². The maximum absolute atomic E-state index is 10.0. The summed E-state index contributed by atoms with van der Waals surface area (Å²) in [4.78, 5) is 4.27. The Kier molecular flexibility index (Phi) is 3.09. The lowest BCUT2D eigenvalue weighted by atomic mass is 10.1. The summed E-state index contributed by atoms with van der Waals surface area (Å²) in [6, 6.07) is 1.77. The summed E-state index contributed by atoms with van der Waals surface area (Å²) in [6.45, 7) is -0.363. The number of hydrogen-bond donors (Lipinski definition) is 4. The molecule has 4 atom stereocenters. The molecule has 4 unspecified atom stereocenters. The van der Waals surface area contributed by atoms with Gasteiger partial charge in [0.2, 0.25) is 17.8 Å². The van der Waals surface area contributed by atoms with E-state index in [1.54, 1.807) is 34.8 Å². The van der Waals surface area contributed by atoms with Crippen molar-refractivity contribution in [2.45, 2.75) is 24.5 Å². The molecule has 0 aromatic carbocycles. The number of aliphatic hydroxyl groups excluding tert-OH is 3. The summed E-state index contributed by atoms with van der Waals surface area (Å²) in [5, 5.41) is 29.7. The standard InChI is InChI=1S/C12H16N4O4/c1-15-5-14-11-6(10(15)13)2-3-16(11)12-9(19)8(18)7(4-17)20-12/h2-3,5,7-9,12-13,17-19H,4H2,1H3/p+1. The number of nitrogens with zero attached hydrogens (tertiary/aromatic N) is 3. The molecule has 2 aromatic rings. The number of anilines is 1. The maximum Gasteiger partial charge on any atom is 0.231 e. The zero-order chi connectivity index (χ0) is 14.4. The molecule has 3 rings (SSSR count). The van der Waals surface area contributed by atoms with Crippen molar-refractivity contribution in [3.63, 3.8) is 0 Å². The van der Waals surface area contributed by atoms with Gasteiger partial charge in [-0.15, -0.1) is 0 Å². The maximum atomic E-state index is 10.0. The van der Waals surface area contributed by atoms with Gasteiger partial charge in [-0.3, -0.25) is 4.57 Å². The molecular weight excluding hydrogens is 264 g/mol. The summed E-state index contributed by atoms with van der Waals surface area (Å²) in [6.07, 6.45) is -0.646. The number of rotatable bonds is 2. The summed E-state index contributed by atoms with van der Waals surface area (Å²) < 4.78 is 8.77. The molecule has 3 heterocycles. The van der Waals surface area contributed by atoms with Gasteiger partial charge < -0.3 is 25.8 Å². The fourth-order valence-corrected chi connectivity index (χ4v) is 2.48. The second-order valence-corrected chi connectivity index (χ2v) is 4.93. The molecule has 0 amide bonds. The molecule has 2 aromatic heterocycles. The number of aryl methyl sites for hydroxylation is 1. The summed E-state index contributed by atoms with van der Waals surface area (Å²) in [5.74, 6) is 0.542. The molecule has 0 saturated carbocycles.